The van der Waals surface area contributed by atoms with Crippen molar-refractivity contribution in [2.24, 2.45) is 5.41 Å². The molecule has 0 aromatic rings. The number of hydrogen-bond acceptors (Lipinski definition) is 1. The molecule has 0 bridgehead atoms. The molecule has 17 heavy (non-hydrogen) atoms. The lowest BCUT2D eigenvalue weighted by atomic mass is 9.84. The normalized spacial score (nSPS) is 18.9. The highest BCUT2D eigenvalue weighted by Gasteiger charge is 2.25. The molecular weight excluding hydrogens is 206 g/mol. The van der Waals surface area contributed by atoms with E-state index in [-0.39, 0.29) is 0 Å². The van der Waals surface area contributed by atoms with Crippen LogP contribution in [0.1, 0.15) is 71.6 Å². The van der Waals surface area contributed by atoms with E-state index in [2.05, 4.69) is 31.8 Å². The van der Waals surface area contributed by atoms with Crippen LogP contribution in [0, 0.1) is 5.41 Å². The summed E-state index contributed by atoms with van der Waals surface area (Å²) in [5, 5.41) is 3.64. The number of nitrogens with one attached hydrogen (secondary N) is 1. The molecular formula is C16H31N. The molecule has 0 radical (unpaired) electrons. The fourth-order valence-corrected chi connectivity index (χ4v) is 2.24. The van der Waals surface area contributed by atoms with E-state index in [1.807, 2.05) is 0 Å². The zero-order chi connectivity index (χ0) is 12.6. The predicted molar refractivity (Wildman–Crippen MR) is 77.3 cm³/mol. The van der Waals surface area contributed by atoms with Gasteiger partial charge in [-0.05, 0) is 24.7 Å². The first kappa shape index (κ1) is 14.8. The highest BCUT2D eigenvalue weighted by Crippen LogP contribution is 2.27. The molecule has 0 amide bonds. The van der Waals surface area contributed by atoms with E-state index < -0.39 is 0 Å². The second-order valence-electron chi connectivity index (χ2n) is 6.03. The third-order valence-corrected chi connectivity index (χ3v) is 3.97. The lowest BCUT2D eigenvalue weighted by Gasteiger charge is -2.26. The van der Waals surface area contributed by atoms with E-state index in [1.54, 1.807) is 0 Å². The molecule has 1 N–H and O–H groups in total. The van der Waals surface area contributed by atoms with Crippen LogP contribution in [0.15, 0.2) is 12.7 Å². The number of hydrogen-bond donors (Lipinski definition) is 1. The first-order valence-electron chi connectivity index (χ1n) is 7.57. The summed E-state index contributed by atoms with van der Waals surface area (Å²) < 4.78 is 0. The first-order chi connectivity index (χ1) is 8.20. The summed E-state index contributed by atoms with van der Waals surface area (Å²) in [5.74, 6) is 0. The molecule has 1 nitrogen and oxygen atoms in total. The van der Waals surface area contributed by atoms with Gasteiger partial charge in [-0.2, -0.15) is 0 Å². The average Bonchev–Trinajstić information content (AvgIpc) is 3.15. The highest BCUT2D eigenvalue weighted by molar-refractivity contribution is 4.95. The van der Waals surface area contributed by atoms with Crippen LogP contribution in [-0.4, -0.2) is 12.6 Å². The summed E-state index contributed by atoms with van der Waals surface area (Å²) >= 11 is 0. The van der Waals surface area contributed by atoms with Crippen LogP contribution in [0.2, 0.25) is 0 Å². The van der Waals surface area contributed by atoms with Crippen LogP contribution in [0.3, 0.4) is 0 Å². The minimum atomic E-state index is 0.313. The van der Waals surface area contributed by atoms with Crippen LogP contribution < -0.4 is 5.32 Å². The van der Waals surface area contributed by atoms with E-state index in [0.29, 0.717) is 5.41 Å². The van der Waals surface area contributed by atoms with Crippen molar-refractivity contribution in [3.8, 4) is 0 Å². The minimum Gasteiger partial charge on any atom is -0.313 e. The molecule has 0 aliphatic heterocycles. The molecule has 1 atom stereocenters. The quantitative estimate of drug-likeness (QED) is 0.406. The van der Waals surface area contributed by atoms with Gasteiger partial charge < -0.3 is 5.32 Å². The van der Waals surface area contributed by atoms with E-state index in [9.17, 15) is 0 Å². The monoisotopic (exact) mass is 237 g/mol. The van der Waals surface area contributed by atoms with Crippen molar-refractivity contribution in [2.75, 3.05) is 6.54 Å². The molecule has 1 aliphatic rings. The smallest absolute Gasteiger partial charge is 0.00685 e. The SMILES string of the molecule is C=CC(C)(CCCCCCCC)CNC1CC1. The Morgan fingerprint density at radius 1 is 1.18 bits per heavy atom. The third kappa shape index (κ3) is 6.88. The maximum absolute atomic E-state index is 4.02. The van der Waals surface area contributed by atoms with Gasteiger partial charge in [0.2, 0.25) is 0 Å². The van der Waals surface area contributed by atoms with E-state index in [0.717, 1.165) is 12.6 Å². The van der Waals surface area contributed by atoms with Crippen molar-refractivity contribution in [3.05, 3.63) is 12.7 Å². The summed E-state index contributed by atoms with van der Waals surface area (Å²) in [6.07, 6.45) is 14.5. The van der Waals surface area contributed by atoms with Gasteiger partial charge >= 0.3 is 0 Å². The summed E-state index contributed by atoms with van der Waals surface area (Å²) in [6.45, 7) is 9.77. The van der Waals surface area contributed by atoms with Gasteiger partial charge in [0.1, 0.15) is 0 Å². The maximum atomic E-state index is 4.02. The van der Waals surface area contributed by atoms with Crippen molar-refractivity contribution >= 4 is 0 Å². The summed E-state index contributed by atoms with van der Waals surface area (Å²) in [4.78, 5) is 0. The second-order valence-corrected chi connectivity index (χ2v) is 6.03. The number of unbranched alkanes of at least 4 members (excludes halogenated alkanes) is 5. The molecule has 100 valence electrons. The van der Waals surface area contributed by atoms with E-state index in [4.69, 9.17) is 0 Å². The van der Waals surface area contributed by atoms with Crippen LogP contribution in [0.5, 0.6) is 0 Å². The van der Waals surface area contributed by atoms with Crippen molar-refractivity contribution in [1.29, 1.82) is 0 Å². The van der Waals surface area contributed by atoms with Crippen LogP contribution in [0.4, 0.5) is 0 Å². The van der Waals surface area contributed by atoms with Gasteiger partial charge in [0.05, 0.1) is 0 Å². The summed E-state index contributed by atoms with van der Waals surface area (Å²) in [6, 6.07) is 0.818. The topological polar surface area (TPSA) is 12.0 Å². The van der Waals surface area contributed by atoms with Crippen LogP contribution in [-0.2, 0) is 0 Å². The lowest BCUT2D eigenvalue weighted by molar-refractivity contribution is 0.346. The van der Waals surface area contributed by atoms with Gasteiger partial charge in [0, 0.05) is 12.6 Å². The molecule has 1 saturated carbocycles. The molecule has 1 fully saturated rings. The molecule has 1 rings (SSSR count). The van der Waals surface area contributed by atoms with Crippen molar-refractivity contribution in [2.45, 2.75) is 77.7 Å². The number of rotatable bonds is 11. The summed E-state index contributed by atoms with van der Waals surface area (Å²) in [5.41, 5.74) is 0.313. The van der Waals surface area contributed by atoms with Crippen molar-refractivity contribution in [1.82, 2.24) is 5.32 Å². The Bertz CT molecular complexity index is 208. The minimum absolute atomic E-state index is 0.313. The van der Waals surface area contributed by atoms with Crippen molar-refractivity contribution < 1.29 is 0 Å². The van der Waals surface area contributed by atoms with Gasteiger partial charge in [-0.3, -0.25) is 0 Å². The molecule has 0 heterocycles. The molecule has 1 unspecified atom stereocenters. The Balaban J connectivity index is 2.05. The van der Waals surface area contributed by atoms with Gasteiger partial charge in [-0.25, -0.2) is 0 Å². The van der Waals surface area contributed by atoms with Crippen molar-refractivity contribution in [3.63, 3.8) is 0 Å². The van der Waals surface area contributed by atoms with Crippen LogP contribution in [0.25, 0.3) is 0 Å². The Kier molecular flexibility index (Phi) is 6.87. The maximum Gasteiger partial charge on any atom is 0.00685 e. The van der Waals surface area contributed by atoms with Crippen LogP contribution >= 0.6 is 0 Å². The zero-order valence-corrected chi connectivity index (χ0v) is 11.9. The molecule has 0 aromatic carbocycles. The highest BCUT2D eigenvalue weighted by atomic mass is 15.0. The molecule has 1 heteroatoms. The average molecular weight is 237 g/mol. The Morgan fingerprint density at radius 3 is 2.41 bits per heavy atom. The molecule has 0 saturated heterocycles. The van der Waals surface area contributed by atoms with Gasteiger partial charge in [0.25, 0.3) is 0 Å². The second kappa shape index (κ2) is 7.92. The molecule has 0 aromatic heterocycles. The molecule has 1 aliphatic carbocycles. The lowest BCUT2D eigenvalue weighted by Crippen LogP contribution is -2.31. The van der Waals surface area contributed by atoms with Gasteiger partial charge in [0.15, 0.2) is 0 Å². The van der Waals surface area contributed by atoms with E-state index >= 15 is 0 Å². The molecule has 0 spiro atoms. The fraction of sp³-hybridized carbons (Fsp3) is 0.875. The van der Waals surface area contributed by atoms with Gasteiger partial charge in [-0.1, -0.05) is 58.4 Å². The Hall–Kier alpha value is -0.300. The Morgan fingerprint density at radius 2 is 1.82 bits per heavy atom. The predicted octanol–water partition coefficient (Wildman–Crippen LogP) is 4.68. The fourth-order valence-electron chi connectivity index (χ4n) is 2.24. The van der Waals surface area contributed by atoms with E-state index in [1.165, 1.54) is 57.8 Å². The Labute approximate surface area is 108 Å². The third-order valence-electron chi connectivity index (χ3n) is 3.97. The standard InChI is InChI=1S/C16H31N/c1-4-6-7-8-9-10-13-16(3,5-2)14-17-15-11-12-15/h5,15,17H,2,4,6-14H2,1,3H3. The first-order valence-corrected chi connectivity index (χ1v) is 7.57. The zero-order valence-electron chi connectivity index (χ0n) is 11.9. The largest absolute Gasteiger partial charge is 0.313 e. The summed E-state index contributed by atoms with van der Waals surface area (Å²) in [7, 11) is 0. The van der Waals surface area contributed by atoms with Gasteiger partial charge in [-0.15, -0.1) is 6.58 Å².